The number of amides is 2. The van der Waals surface area contributed by atoms with Crippen molar-refractivity contribution in [3.05, 3.63) is 35.4 Å². The van der Waals surface area contributed by atoms with E-state index in [0.717, 1.165) is 4.31 Å². The number of sulfonamides is 1. The maximum Gasteiger partial charge on any atom is 0.352 e. The van der Waals surface area contributed by atoms with Gasteiger partial charge in [0.2, 0.25) is 10.0 Å². The van der Waals surface area contributed by atoms with Crippen LogP contribution in [0.1, 0.15) is 27.1 Å². The van der Waals surface area contributed by atoms with Gasteiger partial charge >= 0.3 is 5.97 Å². The Balaban J connectivity index is 1.82. The van der Waals surface area contributed by atoms with Crippen molar-refractivity contribution in [1.82, 2.24) is 9.37 Å². The molecule has 0 radical (unpaired) electrons. The summed E-state index contributed by atoms with van der Waals surface area (Å²) < 4.78 is 24.9. The van der Waals surface area contributed by atoms with Crippen molar-refractivity contribution in [3.8, 4) is 0 Å². The highest BCUT2D eigenvalue weighted by molar-refractivity contribution is 7.90. The van der Waals surface area contributed by atoms with E-state index in [-0.39, 0.29) is 24.1 Å². The first-order chi connectivity index (χ1) is 10.3. The highest BCUT2D eigenvalue weighted by atomic mass is 32.2. The number of carbonyl (C=O) groups excluding carboxylic acids is 3. The van der Waals surface area contributed by atoms with Crippen LogP contribution in [0.4, 0.5) is 0 Å². The summed E-state index contributed by atoms with van der Waals surface area (Å²) in [7, 11) is -2.45. The molecule has 0 aromatic heterocycles. The zero-order chi connectivity index (χ0) is 16.1. The van der Waals surface area contributed by atoms with Gasteiger partial charge in [0.15, 0.2) is 5.25 Å². The Morgan fingerprint density at radius 2 is 1.73 bits per heavy atom. The van der Waals surface area contributed by atoms with Crippen molar-refractivity contribution in [1.29, 1.82) is 0 Å². The molecule has 0 N–H and O–H groups in total. The molecule has 2 aliphatic heterocycles. The predicted molar refractivity (Wildman–Crippen MR) is 73.0 cm³/mol. The predicted octanol–water partition coefficient (Wildman–Crippen LogP) is -0.225. The Morgan fingerprint density at radius 1 is 1.18 bits per heavy atom. The monoisotopic (exact) mass is 324 g/mol. The normalized spacial score (nSPS) is 23.7. The number of hydroxylamine groups is 2. The fraction of sp³-hybridized carbons (Fsp3) is 0.308. The Morgan fingerprint density at radius 3 is 2.18 bits per heavy atom. The average molecular weight is 324 g/mol. The van der Waals surface area contributed by atoms with Crippen LogP contribution in [0.5, 0.6) is 0 Å². The summed E-state index contributed by atoms with van der Waals surface area (Å²) >= 11 is 0. The molecule has 0 aliphatic carbocycles. The van der Waals surface area contributed by atoms with Gasteiger partial charge in [0, 0.05) is 13.6 Å². The van der Waals surface area contributed by atoms with Crippen molar-refractivity contribution in [2.75, 3.05) is 13.6 Å². The van der Waals surface area contributed by atoms with Crippen LogP contribution in [-0.2, 0) is 19.7 Å². The van der Waals surface area contributed by atoms with Crippen LogP contribution in [0.2, 0.25) is 0 Å². The van der Waals surface area contributed by atoms with E-state index >= 15 is 0 Å². The smallest absolute Gasteiger partial charge is 0.328 e. The quantitative estimate of drug-likeness (QED) is 0.697. The number of rotatable bonds is 2. The molecule has 0 saturated carbocycles. The summed E-state index contributed by atoms with van der Waals surface area (Å²) in [5.41, 5.74) is 0.235. The van der Waals surface area contributed by atoms with E-state index in [1.807, 2.05) is 0 Å². The van der Waals surface area contributed by atoms with Crippen LogP contribution >= 0.6 is 0 Å². The standard InChI is InChI=1S/C13H12N2O6S/c1-14-7-6-10(22(14,19)20)13(18)21-15-11(16)8-4-2-3-5-9(8)12(15)17/h2-5,10H,6-7H2,1H3. The van der Waals surface area contributed by atoms with Gasteiger partial charge in [-0.15, -0.1) is 0 Å². The van der Waals surface area contributed by atoms with Crippen molar-refractivity contribution in [3.63, 3.8) is 0 Å². The van der Waals surface area contributed by atoms with Crippen LogP contribution in [0.25, 0.3) is 0 Å². The lowest BCUT2D eigenvalue weighted by atomic mass is 10.1. The van der Waals surface area contributed by atoms with Crippen molar-refractivity contribution >= 4 is 27.8 Å². The molecule has 1 saturated heterocycles. The second-order valence-electron chi connectivity index (χ2n) is 5.00. The molecule has 0 bridgehead atoms. The number of carbonyl (C=O) groups is 3. The van der Waals surface area contributed by atoms with E-state index in [4.69, 9.17) is 4.84 Å². The fourth-order valence-corrected chi connectivity index (χ4v) is 3.91. The van der Waals surface area contributed by atoms with E-state index in [9.17, 15) is 22.8 Å². The zero-order valence-electron chi connectivity index (χ0n) is 11.6. The lowest BCUT2D eigenvalue weighted by Gasteiger charge is -2.16. The van der Waals surface area contributed by atoms with Crippen LogP contribution < -0.4 is 0 Å². The SMILES string of the molecule is CN1CCC(C(=O)ON2C(=O)c3ccccc3C2=O)S1(=O)=O. The van der Waals surface area contributed by atoms with Gasteiger partial charge in [0.05, 0.1) is 11.1 Å². The molecule has 2 amide bonds. The number of benzene rings is 1. The lowest BCUT2D eigenvalue weighted by Crippen LogP contribution is -2.39. The first-order valence-corrected chi connectivity index (χ1v) is 7.99. The minimum Gasteiger partial charge on any atom is -0.328 e. The third-order valence-corrected chi connectivity index (χ3v) is 5.90. The zero-order valence-corrected chi connectivity index (χ0v) is 12.4. The average Bonchev–Trinajstić information content (AvgIpc) is 2.89. The first-order valence-electron chi connectivity index (χ1n) is 6.49. The molecule has 1 fully saturated rings. The third kappa shape index (κ3) is 2.01. The van der Waals surface area contributed by atoms with Gasteiger partial charge in [-0.25, -0.2) is 17.5 Å². The van der Waals surface area contributed by atoms with Crippen molar-refractivity contribution in [2.24, 2.45) is 0 Å². The van der Waals surface area contributed by atoms with Gasteiger partial charge < -0.3 is 4.84 Å². The summed E-state index contributed by atoms with van der Waals surface area (Å²) in [6.07, 6.45) is 0.0564. The number of hydrogen-bond acceptors (Lipinski definition) is 6. The Bertz CT molecular complexity index is 752. The summed E-state index contributed by atoms with van der Waals surface area (Å²) in [5.74, 6) is -2.69. The second-order valence-corrected chi connectivity index (χ2v) is 7.23. The number of imide groups is 1. The molecule has 0 spiro atoms. The van der Waals surface area contributed by atoms with Crippen molar-refractivity contribution in [2.45, 2.75) is 11.7 Å². The van der Waals surface area contributed by atoms with E-state index in [1.165, 1.54) is 19.2 Å². The summed E-state index contributed by atoms with van der Waals surface area (Å²) in [4.78, 5) is 40.9. The van der Waals surface area contributed by atoms with Crippen LogP contribution in [0, 0.1) is 0 Å². The molecule has 22 heavy (non-hydrogen) atoms. The third-order valence-electron chi connectivity index (χ3n) is 3.70. The molecule has 2 heterocycles. The largest absolute Gasteiger partial charge is 0.352 e. The van der Waals surface area contributed by atoms with E-state index in [2.05, 4.69) is 0 Å². The molecule has 1 aromatic rings. The Hall–Kier alpha value is -2.26. The minimum absolute atomic E-state index is 0.0564. The minimum atomic E-state index is -3.80. The molecular formula is C13H12N2O6S. The van der Waals surface area contributed by atoms with Gasteiger partial charge in [0.1, 0.15) is 0 Å². The second kappa shape index (κ2) is 4.89. The molecule has 1 unspecified atom stereocenters. The topological polar surface area (TPSA) is 101 Å². The number of nitrogens with zero attached hydrogens (tertiary/aromatic N) is 2. The number of fused-ring (bicyclic) bond motifs is 1. The van der Waals surface area contributed by atoms with Crippen molar-refractivity contribution < 1.29 is 27.6 Å². The molecular weight excluding hydrogens is 312 g/mol. The molecule has 2 aliphatic rings. The van der Waals surface area contributed by atoms with E-state index in [1.54, 1.807) is 12.1 Å². The summed E-state index contributed by atoms with van der Waals surface area (Å²) in [6.45, 7) is 0.185. The van der Waals surface area contributed by atoms with E-state index in [0.29, 0.717) is 5.06 Å². The van der Waals surface area contributed by atoms with Gasteiger partial charge in [-0.05, 0) is 18.6 Å². The fourth-order valence-electron chi connectivity index (χ4n) is 2.43. The Labute approximate surface area is 126 Å². The molecule has 3 rings (SSSR count). The summed E-state index contributed by atoms with van der Waals surface area (Å²) in [6, 6.07) is 6.02. The highest BCUT2D eigenvalue weighted by Crippen LogP contribution is 2.25. The van der Waals surface area contributed by atoms with Gasteiger partial charge in [-0.1, -0.05) is 17.2 Å². The van der Waals surface area contributed by atoms with Gasteiger partial charge in [-0.3, -0.25) is 9.59 Å². The molecule has 116 valence electrons. The van der Waals surface area contributed by atoms with Crippen LogP contribution in [0.15, 0.2) is 24.3 Å². The summed E-state index contributed by atoms with van der Waals surface area (Å²) in [5, 5.41) is -1.08. The van der Waals surface area contributed by atoms with Crippen LogP contribution in [-0.4, -0.2) is 54.4 Å². The Kier molecular flexibility index (Phi) is 3.26. The van der Waals surface area contributed by atoms with Gasteiger partial charge in [-0.2, -0.15) is 0 Å². The maximum atomic E-state index is 12.1. The van der Waals surface area contributed by atoms with Gasteiger partial charge in [0.25, 0.3) is 11.8 Å². The maximum absolute atomic E-state index is 12.1. The highest BCUT2D eigenvalue weighted by Gasteiger charge is 2.46. The molecule has 8 nitrogen and oxygen atoms in total. The van der Waals surface area contributed by atoms with E-state index < -0.39 is 33.1 Å². The molecule has 1 aromatic carbocycles. The first kappa shape index (κ1) is 14.7. The number of hydrogen-bond donors (Lipinski definition) is 0. The van der Waals surface area contributed by atoms with Crippen LogP contribution in [0.3, 0.4) is 0 Å². The lowest BCUT2D eigenvalue weighted by molar-refractivity contribution is -0.167. The molecule has 9 heteroatoms. The molecule has 1 atom stereocenters.